The molecule has 0 radical (unpaired) electrons. The van der Waals surface area contributed by atoms with Crippen LogP contribution in [-0.2, 0) is 6.54 Å². The summed E-state index contributed by atoms with van der Waals surface area (Å²) in [6.45, 7) is 1.88. The van der Waals surface area contributed by atoms with Crippen LogP contribution in [0.1, 0.15) is 24.8 Å². The molecule has 2 rings (SSSR count). The number of rotatable bonds is 4. The number of halogens is 1. The van der Waals surface area contributed by atoms with Gasteiger partial charge in [-0.25, -0.2) is 4.98 Å². The molecule has 1 aromatic heterocycles. The highest BCUT2D eigenvalue weighted by Crippen LogP contribution is 2.17. The van der Waals surface area contributed by atoms with E-state index < -0.39 is 0 Å². The summed E-state index contributed by atoms with van der Waals surface area (Å²) in [7, 11) is 0. The third-order valence-electron chi connectivity index (χ3n) is 2.96. The highest BCUT2D eigenvalue weighted by atomic mass is 35.5. The smallest absolute Gasteiger partial charge is 0.133 e. The normalized spacial score (nSPS) is 19.9. The van der Waals surface area contributed by atoms with Gasteiger partial charge in [0.25, 0.3) is 0 Å². The standard InChI is InChI=1S/C13H17ClN2/c14-13-12(7-4-8-16-13)10-15-9-11-5-2-1-3-6-11/h1-2,4,7-8,11,15H,3,5-6,9-10H2. The molecule has 0 aliphatic heterocycles. The van der Waals surface area contributed by atoms with E-state index in [0.717, 1.165) is 24.6 Å². The summed E-state index contributed by atoms with van der Waals surface area (Å²) in [6.07, 6.45) is 10.00. The van der Waals surface area contributed by atoms with Crippen molar-refractivity contribution in [1.29, 1.82) is 0 Å². The molecule has 1 N–H and O–H groups in total. The number of hydrogen-bond acceptors (Lipinski definition) is 2. The Balaban J connectivity index is 1.75. The third-order valence-corrected chi connectivity index (χ3v) is 3.30. The van der Waals surface area contributed by atoms with Gasteiger partial charge in [-0.05, 0) is 37.8 Å². The maximum atomic E-state index is 5.98. The summed E-state index contributed by atoms with van der Waals surface area (Å²) in [5, 5.41) is 4.06. The summed E-state index contributed by atoms with van der Waals surface area (Å²) in [6, 6.07) is 3.94. The number of allylic oxidation sites excluding steroid dienone is 2. The van der Waals surface area contributed by atoms with Crippen LogP contribution >= 0.6 is 11.6 Å². The monoisotopic (exact) mass is 236 g/mol. The Morgan fingerprint density at radius 2 is 2.38 bits per heavy atom. The summed E-state index contributed by atoms with van der Waals surface area (Å²) >= 11 is 5.98. The van der Waals surface area contributed by atoms with E-state index in [9.17, 15) is 0 Å². The SMILES string of the molecule is Clc1ncccc1CNCC1CC=CCC1. The average Bonchev–Trinajstić information content (AvgIpc) is 2.33. The van der Waals surface area contributed by atoms with Gasteiger partial charge in [-0.2, -0.15) is 0 Å². The van der Waals surface area contributed by atoms with Gasteiger partial charge >= 0.3 is 0 Å². The molecule has 0 fully saturated rings. The molecule has 1 unspecified atom stereocenters. The topological polar surface area (TPSA) is 24.9 Å². The fraction of sp³-hybridized carbons (Fsp3) is 0.462. The summed E-state index contributed by atoms with van der Waals surface area (Å²) in [4.78, 5) is 4.06. The van der Waals surface area contributed by atoms with Gasteiger partial charge in [-0.3, -0.25) is 0 Å². The van der Waals surface area contributed by atoms with Gasteiger partial charge < -0.3 is 5.32 Å². The highest BCUT2D eigenvalue weighted by Gasteiger charge is 2.09. The summed E-state index contributed by atoms with van der Waals surface area (Å²) in [5.74, 6) is 0.778. The average molecular weight is 237 g/mol. The zero-order valence-electron chi connectivity index (χ0n) is 9.32. The number of aromatic nitrogens is 1. The van der Waals surface area contributed by atoms with Crippen molar-refractivity contribution in [3.63, 3.8) is 0 Å². The van der Waals surface area contributed by atoms with E-state index in [1.807, 2.05) is 12.1 Å². The second kappa shape index (κ2) is 6.02. The minimum Gasteiger partial charge on any atom is -0.312 e. The molecule has 0 aromatic carbocycles. The largest absolute Gasteiger partial charge is 0.312 e. The van der Waals surface area contributed by atoms with Crippen LogP contribution in [-0.4, -0.2) is 11.5 Å². The van der Waals surface area contributed by atoms with E-state index in [1.165, 1.54) is 19.3 Å². The summed E-state index contributed by atoms with van der Waals surface area (Å²) in [5.41, 5.74) is 1.08. The van der Waals surface area contributed by atoms with Crippen molar-refractivity contribution in [2.24, 2.45) is 5.92 Å². The minimum absolute atomic E-state index is 0.610. The first-order valence-electron chi connectivity index (χ1n) is 5.81. The lowest BCUT2D eigenvalue weighted by molar-refractivity contribution is 0.440. The fourth-order valence-corrected chi connectivity index (χ4v) is 2.19. The molecule has 1 atom stereocenters. The molecule has 1 aliphatic rings. The third kappa shape index (κ3) is 3.32. The molecular formula is C13H17ClN2. The van der Waals surface area contributed by atoms with Gasteiger partial charge in [-0.15, -0.1) is 0 Å². The van der Waals surface area contributed by atoms with E-state index in [-0.39, 0.29) is 0 Å². The zero-order valence-corrected chi connectivity index (χ0v) is 10.1. The molecule has 0 saturated carbocycles. The Labute approximate surface area is 102 Å². The molecule has 0 spiro atoms. The van der Waals surface area contributed by atoms with Gasteiger partial charge in [0.05, 0.1) is 0 Å². The van der Waals surface area contributed by atoms with Crippen molar-refractivity contribution in [3.05, 3.63) is 41.2 Å². The van der Waals surface area contributed by atoms with E-state index in [4.69, 9.17) is 11.6 Å². The van der Waals surface area contributed by atoms with Crippen LogP contribution in [0.5, 0.6) is 0 Å². The molecule has 16 heavy (non-hydrogen) atoms. The first kappa shape index (κ1) is 11.6. The lowest BCUT2D eigenvalue weighted by atomic mass is 9.94. The second-order valence-corrected chi connectivity index (χ2v) is 4.59. The fourth-order valence-electron chi connectivity index (χ4n) is 2.00. The quantitative estimate of drug-likeness (QED) is 0.642. The lowest BCUT2D eigenvalue weighted by Crippen LogP contribution is -2.23. The Morgan fingerprint density at radius 1 is 1.44 bits per heavy atom. The van der Waals surface area contributed by atoms with Crippen molar-refractivity contribution in [2.75, 3.05) is 6.54 Å². The van der Waals surface area contributed by atoms with E-state index in [0.29, 0.717) is 5.15 Å². The van der Waals surface area contributed by atoms with Crippen molar-refractivity contribution in [3.8, 4) is 0 Å². The van der Waals surface area contributed by atoms with E-state index in [2.05, 4.69) is 22.5 Å². The van der Waals surface area contributed by atoms with Gasteiger partial charge in [0, 0.05) is 18.3 Å². The van der Waals surface area contributed by atoms with Crippen LogP contribution in [0.2, 0.25) is 5.15 Å². The Kier molecular flexibility index (Phi) is 4.37. The van der Waals surface area contributed by atoms with Crippen LogP contribution in [0.4, 0.5) is 0 Å². The predicted molar refractivity (Wildman–Crippen MR) is 67.4 cm³/mol. The van der Waals surface area contributed by atoms with Gasteiger partial charge in [0.15, 0.2) is 0 Å². The molecular weight excluding hydrogens is 220 g/mol. The molecule has 86 valence electrons. The molecule has 3 heteroatoms. The van der Waals surface area contributed by atoms with E-state index >= 15 is 0 Å². The Bertz CT molecular complexity index is 363. The van der Waals surface area contributed by atoms with Gasteiger partial charge in [0.1, 0.15) is 5.15 Å². The molecule has 1 aliphatic carbocycles. The number of pyridine rings is 1. The molecule has 1 heterocycles. The van der Waals surface area contributed by atoms with Crippen LogP contribution in [0.15, 0.2) is 30.5 Å². The Morgan fingerprint density at radius 3 is 3.12 bits per heavy atom. The summed E-state index contributed by atoms with van der Waals surface area (Å²) < 4.78 is 0. The van der Waals surface area contributed by atoms with Crippen molar-refractivity contribution >= 4 is 11.6 Å². The number of hydrogen-bond donors (Lipinski definition) is 1. The molecule has 2 nitrogen and oxygen atoms in total. The van der Waals surface area contributed by atoms with Crippen molar-refractivity contribution in [1.82, 2.24) is 10.3 Å². The molecule has 0 amide bonds. The highest BCUT2D eigenvalue weighted by molar-refractivity contribution is 6.30. The zero-order chi connectivity index (χ0) is 11.2. The van der Waals surface area contributed by atoms with Crippen LogP contribution in [0, 0.1) is 5.92 Å². The molecule has 0 saturated heterocycles. The molecule has 0 bridgehead atoms. The number of nitrogens with one attached hydrogen (secondary N) is 1. The maximum absolute atomic E-state index is 5.98. The predicted octanol–water partition coefficient (Wildman–Crippen LogP) is 3.18. The van der Waals surface area contributed by atoms with Gasteiger partial charge in [0.2, 0.25) is 0 Å². The minimum atomic E-state index is 0.610. The van der Waals surface area contributed by atoms with Crippen molar-refractivity contribution < 1.29 is 0 Å². The van der Waals surface area contributed by atoms with Crippen LogP contribution in [0.25, 0.3) is 0 Å². The lowest BCUT2D eigenvalue weighted by Gasteiger charge is -2.18. The maximum Gasteiger partial charge on any atom is 0.133 e. The van der Waals surface area contributed by atoms with Crippen molar-refractivity contribution in [2.45, 2.75) is 25.8 Å². The van der Waals surface area contributed by atoms with Crippen LogP contribution in [0.3, 0.4) is 0 Å². The molecule has 1 aromatic rings. The second-order valence-electron chi connectivity index (χ2n) is 4.23. The first-order valence-corrected chi connectivity index (χ1v) is 6.19. The first-order chi connectivity index (χ1) is 7.86. The Hall–Kier alpha value is -0.860. The van der Waals surface area contributed by atoms with Gasteiger partial charge in [-0.1, -0.05) is 29.8 Å². The van der Waals surface area contributed by atoms with E-state index in [1.54, 1.807) is 6.20 Å². The van der Waals surface area contributed by atoms with Crippen LogP contribution < -0.4 is 5.32 Å². The number of nitrogens with zero attached hydrogens (tertiary/aromatic N) is 1.